The molecular formula is C23H22N6O3. The first-order valence-electron chi connectivity index (χ1n) is 10.3. The fourth-order valence-corrected chi connectivity index (χ4v) is 3.96. The number of rotatable bonds is 5. The summed E-state index contributed by atoms with van der Waals surface area (Å²) in [6.07, 6.45) is 5.42. The molecule has 0 saturated heterocycles. The Kier molecular flexibility index (Phi) is 4.66. The van der Waals surface area contributed by atoms with Gasteiger partial charge >= 0.3 is 5.69 Å². The number of imidazole rings is 2. The van der Waals surface area contributed by atoms with E-state index in [2.05, 4.69) is 4.98 Å². The van der Waals surface area contributed by atoms with E-state index in [4.69, 9.17) is 9.72 Å². The molecule has 0 aliphatic rings. The van der Waals surface area contributed by atoms with Crippen molar-refractivity contribution < 1.29 is 4.74 Å². The number of pyridine rings is 1. The second-order valence-corrected chi connectivity index (χ2v) is 7.58. The van der Waals surface area contributed by atoms with Crippen molar-refractivity contribution in [2.75, 3.05) is 6.61 Å². The van der Waals surface area contributed by atoms with Gasteiger partial charge in [0.1, 0.15) is 5.75 Å². The van der Waals surface area contributed by atoms with Crippen LogP contribution in [0.15, 0.2) is 64.6 Å². The number of ether oxygens (including phenoxy) is 1. The van der Waals surface area contributed by atoms with Gasteiger partial charge in [-0.3, -0.25) is 23.3 Å². The molecule has 5 aromatic rings. The fraction of sp³-hybridized carbons (Fsp3) is 0.217. The summed E-state index contributed by atoms with van der Waals surface area (Å²) in [6, 6.07) is 11.7. The van der Waals surface area contributed by atoms with Crippen LogP contribution in [-0.2, 0) is 20.6 Å². The third kappa shape index (κ3) is 3.01. The summed E-state index contributed by atoms with van der Waals surface area (Å²) < 4.78 is 11.9. The van der Waals surface area contributed by atoms with Crippen LogP contribution in [0, 0.1) is 0 Å². The van der Waals surface area contributed by atoms with Gasteiger partial charge in [-0.05, 0) is 42.8 Å². The number of aromatic nitrogens is 6. The fourth-order valence-electron chi connectivity index (χ4n) is 3.96. The van der Waals surface area contributed by atoms with E-state index in [0.29, 0.717) is 30.1 Å². The summed E-state index contributed by atoms with van der Waals surface area (Å²) in [7, 11) is 3.10. The highest BCUT2D eigenvalue weighted by atomic mass is 16.5. The molecule has 9 nitrogen and oxygen atoms in total. The molecule has 4 heterocycles. The third-order valence-electron chi connectivity index (χ3n) is 5.58. The molecule has 0 unspecified atom stereocenters. The molecular weight excluding hydrogens is 408 g/mol. The standard InChI is InChI=1S/C23H22N6O3/c1-4-32-17-9-7-16(8-10-17)18-14-29-19-20(26(2)23(31)27(3)21(19)30)25-22(29)28(18)13-15-6-5-11-24-12-15/h5-12,14H,4,13H2,1-3H3. The Hall–Kier alpha value is -4.14. The van der Waals surface area contributed by atoms with Gasteiger partial charge in [-0.25, -0.2) is 4.79 Å². The lowest BCUT2D eigenvalue weighted by molar-refractivity contribution is 0.340. The van der Waals surface area contributed by atoms with E-state index in [1.54, 1.807) is 23.8 Å². The zero-order valence-electron chi connectivity index (χ0n) is 18.0. The van der Waals surface area contributed by atoms with Crippen molar-refractivity contribution >= 4 is 16.9 Å². The van der Waals surface area contributed by atoms with Crippen molar-refractivity contribution in [1.82, 2.24) is 28.1 Å². The average molecular weight is 430 g/mol. The molecule has 162 valence electrons. The van der Waals surface area contributed by atoms with Gasteiger partial charge in [0.15, 0.2) is 11.2 Å². The van der Waals surface area contributed by atoms with E-state index in [-0.39, 0.29) is 5.56 Å². The Morgan fingerprint density at radius 1 is 1.03 bits per heavy atom. The zero-order valence-corrected chi connectivity index (χ0v) is 18.0. The number of fused-ring (bicyclic) bond motifs is 3. The van der Waals surface area contributed by atoms with Crippen molar-refractivity contribution in [1.29, 1.82) is 0 Å². The summed E-state index contributed by atoms with van der Waals surface area (Å²) >= 11 is 0. The molecule has 0 amide bonds. The summed E-state index contributed by atoms with van der Waals surface area (Å²) in [5.41, 5.74) is 2.76. The van der Waals surface area contributed by atoms with Crippen LogP contribution in [0.1, 0.15) is 12.5 Å². The van der Waals surface area contributed by atoms with E-state index in [0.717, 1.165) is 27.1 Å². The van der Waals surface area contributed by atoms with Gasteiger partial charge < -0.3 is 9.30 Å². The topological polar surface area (TPSA) is 88.4 Å². The van der Waals surface area contributed by atoms with E-state index in [9.17, 15) is 9.59 Å². The summed E-state index contributed by atoms with van der Waals surface area (Å²) in [5.74, 6) is 1.37. The second kappa shape index (κ2) is 7.52. The van der Waals surface area contributed by atoms with E-state index < -0.39 is 5.69 Å². The van der Waals surface area contributed by atoms with Crippen molar-refractivity contribution in [2.45, 2.75) is 13.5 Å². The lowest BCUT2D eigenvalue weighted by Crippen LogP contribution is -2.37. The first-order valence-corrected chi connectivity index (χ1v) is 10.3. The van der Waals surface area contributed by atoms with Gasteiger partial charge in [0.25, 0.3) is 5.56 Å². The highest BCUT2D eigenvalue weighted by Gasteiger charge is 2.21. The van der Waals surface area contributed by atoms with Crippen LogP contribution in [0.4, 0.5) is 0 Å². The lowest BCUT2D eigenvalue weighted by atomic mass is 10.1. The second-order valence-electron chi connectivity index (χ2n) is 7.58. The average Bonchev–Trinajstić information content (AvgIpc) is 3.35. The van der Waals surface area contributed by atoms with Crippen LogP contribution in [0.3, 0.4) is 0 Å². The van der Waals surface area contributed by atoms with Crippen LogP contribution < -0.4 is 16.0 Å². The van der Waals surface area contributed by atoms with Crippen LogP contribution in [0.2, 0.25) is 0 Å². The van der Waals surface area contributed by atoms with Crippen LogP contribution in [-0.4, -0.2) is 34.7 Å². The summed E-state index contributed by atoms with van der Waals surface area (Å²) in [4.78, 5) is 34.3. The zero-order chi connectivity index (χ0) is 22.4. The molecule has 0 atom stereocenters. The van der Waals surface area contributed by atoms with Gasteiger partial charge in [-0.2, -0.15) is 4.98 Å². The van der Waals surface area contributed by atoms with Crippen molar-refractivity contribution in [3.8, 4) is 17.0 Å². The maximum absolute atomic E-state index is 13.0. The molecule has 32 heavy (non-hydrogen) atoms. The molecule has 5 rings (SSSR count). The molecule has 0 bridgehead atoms. The molecule has 0 radical (unpaired) electrons. The lowest BCUT2D eigenvalue weighted by Gasteiger charge is -2.10. The highest BCUT2D eigenvalue weighted by Crippen LogP contribution is 2.28. The van der Waals surface area contributed by atoms with Crippen molar-refractivity contribution in [2.24, 2.45) is 14.1 Å². The predicted molar refractivity (Wildman–Crippen MR) is 121 cm³/mol. The van der Waals surface area contributed by atoms with Crippen LogP contribution in [0.5, 0.6) is 5.75 Å². The summed E-state index contributed by atoms with van der Waals surface area (Å²) in [5, 5.41) is 0. The predicted octanol–water partition coefficient (Wildman–Crippen LogP) is 2.20. The Morgan fingerprint density at radius 2 is 1.81 bits per heavy atom. The van der Waals surface area contributed by atoms with Crippen LogP contribution >= 0.6 is 0 Å². The minimum absolute atomic E-state index is 0.353. The van der Waals surface area contributed by atoms with E-state index in [1.807, 2.05) is 54.1 Å². The normalized spacial score (nSPS) is 11.5. The third-order valence-corrected chi connectivity index (χ3v) is 5.58. The maximum atomic E-state index is 13.0. The Morgan fingerprint density at radius 3 is 2.50 bits per heavy atom. The van der Waals surface area contributed by atoms with Gasteiger partial charge in [0.2, 0.25) is 5.78 Å². The minimum atomic E-state index is -0.409. The largest absolute Gasteiger partial charge is 0.494 e. The number of aryl methyl sites for hydroxylation is 1. The molecule has 4 aromatic heterocycles. The van der Waals surface area contributed by atoms with E-state index in [1.165, 1.54) is 11.6 Å². The van der Waals surface area contributed by atoms with Gasteiger partial charge in [-0.1, -0.05) is 6.07 Å². The number of hydrogen-bond acceptors (Lipinski definition) is 5. The molecule has 0 saturated carbocycles. The molecule has 0 aliphatic heterocycles. The molecule has 0 N–H and O–H groups in total. The van der Waals surface area contributed by atoms with Gasteiger partial charge in [-0.15, -0.1) is 0 Å². The molecule has 9 heteroatoms. The Labute approximate surface area is 182 Å². The first kappa shape index (κ1) is 19.8. The van der Waals surface area contributed by atoms with Gasteiger partial charge in [0.05, 0.1) is 18.8 Å². The smallest absolute Gasteiger partial charge is 0.332 e. The van der Waals surface area contributed by atoms with Crippen molar-refractivity contribution in [3.05, 3.63) is 81.4 Å². The number of hydrogen-bond donors (Lipinski definition) is 0. The molecule has 0 fully saturated rings. The molecule has 1 aromatic carbocycles. The minimum Gasteiger partial charge on any atom is -0.494 e. The maximum Gasteiger partial charge on any atom is 0.332 e. The molecule has 0 spiro atoms. The summed E-state index contributed by atoms with van der Waals surface area (Å²) in [6.45, 7) is 3.05. The van der Waals surface area contributed by atoms with Gasteiger partial charge in [0, 0.05) is 38.2 Å². The first-order chi connectivity index (χ1) is 15.5. The quantitative estimate of drug-likeness (QED) is 0.427. The highest BCUT2D eigenvalue weighted by molar-refractivity contribution is 5.78. The Balaban J connectivity index is 1.80. The number of benzene rings is 1. The van der Waals surface area contributed by atoms with Crippen LogP contribution in [0.25, 0.3) is 28.2 Å². The number of nitrogens with zero attached hydrogens (tertiary/aromatic N) is 6. The SMILES string of the molecule is CCOc1ccc(-c2cn3c4c(=O)n(C)c(=O)n(C)c4nc3n2Cc2cccnc2)cc1. The monoisotopic (exact) mass is 430 g/mol. The Bertz CT molecular complexity index is 1560. The molecule has 0 aliphatic carbocycles. The van der Waals surface area contributed by atoms with E-state index >= 15 is 0 Å². The van der Waals surface area contributed by atoms with Crippen molar-refractivity contribution in [3.63, 3.8) is 0 Å².